The minimum Gasteiger partial charge on any atom is -0.484 e. The molecule has 0 saturated carbocycles. The van der Waals surface area contributed by atoms with E-state index in [1.807, 2.05) is 6.07 Å². The molecule has 0 unspecified atom stereocenters. The van der Waals surface area contributed by atoms with E-state index in [0.717, 1.165) is 0 Å². The number of hydrogen-bond acceptors (Lipinski definition) is 6. The molecule has 0 aliphatic rings. The van der Waals surface area contributed by atoms with Gasteiger partial charge in [0.1, 0.15) is 11.4 Å². The van der Waals surface area contributed by atoms with Crippen molar-refractivity contribution >= 4 is 28.2 Å². The predicted molar refractivity (Wildman–Crippen MR) is 77.4 cm³/mol. The SMILES string of the molecule is CC(=O)c1csc(NC(=O)COc2ccc(C#N)cc2)n1. The molecule has 0 atom stereocenters. The van der Waals surface area contributed by atoms with Crippen LogP contribution < -0.4 is 10.1 Å². The number of thiazole rings is 1. The van der Waals surface area contributed by atoms with Gasteiger partial charge in [0.05, 0.1) is 11.6 Å². The van der Waals surface area contributed by atoms with Crippen molar-refractivity contribution in [1.29, 1.82) is 5.26 Å². The van der Waals surface area contributed by atoms with Gasteiger partial charge in [-0.15, -0.1) is 11.3 Å². The van der Waals surface area contributed by atoms with E-state index in [0.29, 0.717) is 22.1 Å². The first kappa shape index (κ1) is 14.7. The Balaban J connectivity index is 1.86. The summed E-state index contributed by atoms with van der Waals surface area (Å²) in [5.74, 6) is -0.0305. The molecule has 7 heteroatoms. The maximum absolute atomic E-state index is 11.7. The summed E-state index contributed by atoms with van der Waals surface area (Å²) in [6.07, 6.45) is 0. The number of nitrogens with one attached hydrogen (secondary N) is 1. The summed E-state index contributed by atoms with van der Waals surface area (Å²) in [6.45, 7) is 1.23. The second-order valence-corrected chi connectivity index (χ2v) is 4.93. The van der Waals surface area contributed by atoms with Gasteiger partial charge in [-0.3, -0.25) is 14.9 Å². The Bertz CT molecular complexity index is 701. The van der Waals surface area contributed by atoms with Crippen molar-refractivity contribution in [2.24, 2.45) is 0 Å². The Hall–Kier alpha value is -2.72. The van der Waals surface area contributed by atoms with Crippen molar-refractivity contribution in [3.05, 3.63) is 40.9 Å². The molecule has 0 aliphatic carbocycles. The summed E-state index contributed by atoms with van der Waals surface area (Å²) in [7, 11) is 0. The fraction of sp³-hybridized carbons (Fsp3) is 0.143. The van der Waals surface area contributed by atoms with Crippen molar-refractivity contribution in [3.8, 4) is 11.8 Å². The summed E-state index contributed by atoms with van der Waals surface area (Å²) in [5.41, 5.74) is 0.842. The zero-order valence-electron chi connectivity index (χ0n) is 11.1. The molecule has 0 bridgehead atoms. The first-order valence-corrected chi connectivity index (χ1v) is 6.85. The maximum Gasteiger partial charge on any atom is 0.264 e. The summed E-state index contributed by atoms with van der Waals surface area (Å²) in [6, 6.07) is 8.43. The molecular formula is C14H11N3O3S. The lowest BCUT2D eigenvalue weighted by molar-refractivity contribution is -0.118. The molecule has 1 amide bonds. The zero-order valence-corrected chi connectivity index (χ0v) is 11.9. The first-order valence-electron chi connectivity index (χ1n) is 5.98. The molecule has 106 valence electrons. The molecule has 1 heterocycles. The highest BCUT2D eigenvalue weighted by Gasteiger charge is 2.09. The smallest absolute Gasteiger partial charge is 0.264 e. The number of Topliss-reactive ketones (excluding diaryl/α,β-unsaturated/α-hetero) is 1. The molecule has 0 fully saturated rings. The topological polar surface area (TPSA) is 92.1 Å². The monoisotopic (exact) mass is 301 g/mol. The molecule has 0 saturated heterocycles. The van der Waals surface area contributed by atoms with Gasteiger partial charge < -0.3 is 4.74 Å². The van der Waals surface area contributed by atoms with Crippen LogP contribution in [0.15, 0.2) is 29.6 Å². The number of aromatic nitrogens is 1. The Morgan fingerprint density at radius 2 is 2.10 bits per heavy atom. The highest BCUT2D eigenvalue weighted by molar-refractivity contribution is 7.14. The van der Waals surface area contributed by atoms with Crippen LogP contribution in [0.5, 0.6) is 5.75 Å². The van der Waals surface area contributed by atoms with Crippen LogP contribution in [0.3, 0.4) is 0 Å². The normalized spacial score (nSPS) is 9.71. The fourth-order valence-electron chi connectivity index (χ4n) is 1.42. The minimum atomic E-state index is -0.371. The lowest BCUT2D eigenvalue weighted by Gasteiger charge is -2.05. The van der Waals surface area contributed by atoms with Gasteiger partial charge in [0.2, 0.25) is 0 Å². The van der Waals surface area contributed by atoms with Gasteiger partial charge in [-0.25, -0.2) is 4.98 Å². The third kappa shape index (κ3) is 4.12. The lowest BCUT2D eigenvalue weighted by Crippen LogP contribution is -2.20. The molecule has 0 radical (unpaired) electrons. The molecule has 0 aliphatic heterocycles. The summed E-state index contributed by atoms with van der Waals surface area (Å²) in [4.78, 5) is 26.7. The van der Waals surface area contributed by atoms with E-state index in [1.165, 1.54) is 18.3 Å². The standard InChI is InChI=1S/C14H11N3O3S/c1-9(18)12-8-21-14(16-12)17-13(19)7-20-11-4-2-10(6-15)3-5-11/h2-5,8H,7H2,1H3,(H,16,17,19). The number of ether oxygens (including phenoxy) is 1. The maximum atomic E-state index is 11.7. The predicted octanol–water partition coefficient (Wildman–Crippen LogP) is 2.23. The number of benzene rings is 1. The fourth-order valence-corrected chi connectivity index (χ4v) is 2.19. The number of nitrogens with zero attached hydrogens (tertiary/aromatic N) is 2. The quantitative estimate of drug-likeness (QED) is 0.855. The largest absolute Gasteiger partial charge is 0.484 e. The molecular weight excluding hydrogens is 290 g/mol. The van der Waals surface area contributed by atoms with Crippen molar-refractivity contribution in [2.75, 3.05) is 11.9 Å². The Kier molecular flexibility index (Phi) is 4.64. The van der Waals surface area contributed by atoms with Crippen LogP contribution in [-0.2, 0) is 4.79 Å². The summed E-state index contributed by atoms with van der Waals surface area (Å²) < 4.78 is 5.28. The molecule has 6 nitrogen and oxygen atoms in total. The molecule has 1 aromatic heterocycles. The van der Waals surface area contributed by atoms with Crippen LogP contribution >= 0.6 is 11.3 Å². The van der Waals surface area contributed by atoms with Crippen molar-refractivity contribution in [1.82, 2.24) is 4.98 Å². The van der Waals surface area contributed by atoms with Crippen molar-refractivity contribution < 1.29 is 14.3 Å². The van der Waals surface area contributed by atoms with E-state index in [9.17, 15) is 9.59 Å². The Labute approximate surface area is 125 Å². The highest BCUT2D eigenvalue weighted by Crippen LogP contribution is 2.16. The minimum absolute atomic E-state index is 0.152. The van der Waals surface area contributed by atoms with Crippen LogP contribution in [-0.4, -0.2) is 23.3 Å². The number of hydrogen-bond donors (Lipinski definition) is 1. The number of nitriles is 1. The number of rotatable bonds is 5. The van der Waals surface area contributed by atoms with Crippen LogP contribution in [0.25, 0.3) is 0 Å². The van der Waals surface area contributed by atoms with Gasteiger partial charge in [0.25, 0.3) is 5.91 Å². The average Bonchev–Trinajstić information content (AvgIpc) is 2.94. The number of ketones is 1. The van der Waals surface area contributed by atoms with Gasteiger partial charge in [0.15, 0.2) is 17.5 Å². The van der Waals surface area contributed by atoms with E-state index in [1.54, 1.807) is 29.6 Å². The van der Waals surface area contributed by atoms with Gasteiger partial charge >= 0.3 is 0 Å². The second kappa shape index (κ2) is 6.63. The van der Waals surface area contributed by atoms with Gasteiger partial charge in [0, 0.05) is 12.3 Å². The van der Waals surface area contributed by atoms with Crippen LogP contribution in [0.4, 0.5) is 5.13 Å². The summed E-state index contributed by atoms with van der Waals surface area (Å²) in [5, 5.41) is 13.2. The Morgan fingerprint density at radius 1 is 1.38 bits per heavy atom. The van der Waals surface area contributed by atoms with E-state index in [4.69, 9.17) is 10.00 Å². The first-order chi connectivity index (χ1) is 10.1. The number of carbonyl (C=O) groups is 2. The van der Waals surface area contributed by atoms with Crippen LogP contribution in [0.2, 0.25) is 0 Å². The third-order valence-corrected chi connectivity index (χ3v) is 3.22. The average molecular weight is 301 g/mol. The van der Waals surface area contributed by atoms with E-state index < -0.39 is 0 Å². The van der Waals surface area contributed by atoms with E-state index in [2.05, 4.69) is 10.3 Å². The molecule has 1 aromatic carbocycles. The molecule has 2 aromatic rings. The van der Waals surface area contributed by atoms with Crippen molar-refractivity contribution in [2.45, 2.75) is 6.92 Å². The summed E-state index contributed by atoms with van der Waals surface area (Å²) >= 11 is 1.18. The van der Waals surface area contributed by atoms with Gasteiger partial charge in [-0.1, -0.05) is 0 Å². The van der Waals surface area contributed by atoms with Gasteiger partial charge in [-0.05, 0) is 24.3 Å². The molecule has 0 spiro atoms. The molecule has 21 heavy (non-hydrogen) atoms. The number of carbonyl (C=O) groups excluding carboxylic acids is 2. The van der Waals surface area contributed by atoms with E-state index >= 15 is 0 Å². The van der Waals surface area contributed by atoms with Crippen molar-refractivity contribution in [3.63, 3.8) is 0 Å². The van der Waals surface area contributed by atoms with E-state index in [-0.39, 0.29) is 18.3 Å². The number of anilines is 1. The van der Waals surface area contributed by atoms with Gasteiger partial charge in [-0.2, -0.15) is 5.26 Å². The second-order valence-electron chi connectivity index (χ2n) is 4.07. The highest BCUT2D eigenvalue weighted by atomic mass is 32.1. The molecule has 1 N–H and O–H groups in total. The third-order valence-electron chi connectivity index (χ3n) is 2.46. The van der Waals surface area contributed by atoms with Crippen LogP contribution in [0.1, 0.15) is 23.0 Å². The Morgan fingerprint density at radius 3 is 2.67 bits per heavy atom. The number of amides is 1. The zero-order chi connectivity index (χ0) is 15.2. The molecule has 2 rings (SSSR count). The van der Waals surface area contributed by atoms with Crippen LogP contribution in [0, 0.1) is 11.3 Å². The lowest BCUT2D eigenvalue weighted by atomic mass is 10.2.